The predicted molar refractivity (Wildman–Crippen MR) is 89.4 cm³/mol. The van der Waals surface area contributed by atoms with Gasteiger partial charge in [0.05, 0.1) is 6.10 Å². The molecule has 0 saturated heterocycles. The van der Waals surface area contributed by atoms with Gasteiger partial charge in [0.1, 0.15) is 0 Å². The van der Waals surface area contributed by atoms with Crippen LogP contribution in [-0.2, 0) is 0 Å². The smallest absolute Gasteiger partial charge is 0.0596 e. The molecule has 0 radical (unpaired) electrons. The van der Waals surface area contributed by atoms with E-state index in [-0.39, 0.29) is 11.5 Å². The van der Waals surface area contributed by atoms with E-state index >= 15 is 0 Å². The Hall–Kier alpha value is -0.570. The summed E-state index contributed by atoms with van der Waals surface area (Å²) in [4.78, 5) is 0. The number of hydrogen-bond donors (Lipinski definition) is 2. The highest BCUT2D eigenvalue weighted by atomic mass is 16.3. The molecule has 0 aromatic carbocycles. The second kappa shape index (κ2) is 4.96. The third kappa shape index (κ3) is 1.87. The minimum atomic E-state index is -0.0497. The van der Waals surface area contributed by atoms with Crippen molar-refractivity contribution in [3.63, 3.8) is 0 Å². The van der Waals surface area contributed by atoms with Gasteiger partial charge in [-0.15, -0.1) is 0 Å². The van der Waals surface area contributed by atoms with Gasteiger partial charge in [-0.2, -0.15) is 5.10 Å². The molecule has 4 aliphatic rings. The van der Waals surface area contributed by atoms with Crippen LogP contribution in [0.15, 0.2) is 5.10 Å². The van der Waals surface area contributed by atoms with Gasteiger partial charge in [-0.25, -0.2) is 0 Å². The molecule has 0 bridgehead atoms. The van der Waals surface area contributed by atoms with E-state index in [2.05, 4.69) is 18.9 Å². The van der Waals surface area contributed by atoms with E-state index in [0.29, 0.717) is 5.41 Å². The number of aliphatic hydroxyl groups excluding tert-OH is 1. The van der Waals surface area contributed by atoms with E-state index in [1.165, 1.54) is 44.2 Å². The predicted octanol–water partition coefficient (Wildman–Crippen LogP) is 3.70. The fraction of sp³-hybridized carbons (Fsp3) is 0.947. The molecule has 22 heavy (non-hydrogen) atoms. The Morgan fingerprint density at radius 1 is 1.00 bits per heavy atom. The van der Waals surface area contributed by atoms with Crippen molar-refractivity contribution in [3.05, 3.63) is 0 Å². The third-order valence-electron chi connectivity index (χ3n) is 8.63. The highest BCUT2D eigenvalue weighted by Crippen LogP contribution is 2.65. The van der Waals surface area contributed by atoms with Crippen molar-refractivity contribution in [1.82, 2.24) is 0 Å². The lowest BCUT2D eigenvalue weighted by atomic mass is 9.45. The summed E-state index contributed by atoms with van der Waals surface area (Å²) in [5.74, 6) is 8.85. The van der Waals surface area contributed by atoms with Gasteiger partial charge in [-0.05, 0) is 92.3 Å². The highest BCUT2D eigenvalue weighted by Gasteiger charge is 2.59. The van der Waals surface area contributed by atoms with Crippen molar-refractivity contribution in [2.45, 2.75) is 77.7 Å². The topological polar surface area (TPSA) is 58.6 Å². The van der Waals surface area contributed by atoms with Crippen LogP contribution in [0.25, 0.3) is 0 Å². The van der Waals surface area contributed by atoms with Gasteiger partial charge in [0, 0.05) is 5.71 Å². The summed E-state index contributed by atoms with van der Waals surface area (Å²) in [5, 5.41) is 14.5. The number of hydrazone groups is 1. The van der Waals surface area contributed by atoms with Gasteiger partial charge in [0.25, 0.3) is 0 Å². The molecule has 7 atom stereocenters. The Morgan fingerprint density at radius 3 is 2.55 bits per heavy atom. The second-order valence-electron chi connectivity index (χ2n) is 9.19. The van der Waals surface area contributed by atoms with E-state index in [1.807, 2.05) is 0 Å². The normalized spacial score (nSPS) is 56.3. The fourth-order valence-electron chi connectivity index (χ4n) is 7.15. The van der Waals surface area contributed by atoms with Crippen LogP contribution in [0.1, 0.15) is 71.6 Å². The quantitative estimate of drug-likeness (QED) is 0.529. The average molecular weight is 304 g/mol. The Balaban J connectivity index is 1.62. The second-order valence-corrected chi connectivity index (χ2v) is 9.19. The van der Waals surface area contributed by atoms with Crippen LogP contribution < -0.4 is 5.84 Å². The van der Waals surface area contributed by atoms with Crippen molar-refractivity contribution in [3.8, 4) is 0 Å². The van der Waals surface area contributed by atoms with Crippen LogP contribution in [0.4, 0.5) is 0 Å². The fourth-order valence-corrected chi connectivity index (χ4v) is 7.15. The first-order chi connectivity index (χ1) is 10.5. The molecule has 0 amide bonds. The Kier molecular flexibility index (Phi) is 3.38. The molecular weight excluding hydrogens is 272 g/mol. The average Bonchev–Trinajstić information content (AvgIpc) is 2.82. The van der Waals surface area contributed by atoms with Crippen molar-refractivity contribution >= 4 is 5.71 Å². The third-order valence-corrected chi connectivity index (χ3v) is 8.63. The van der Waals surface area contributed by atoms with Gasteiger partial charge < -0.3 is 10.9 Å². The van der Waals surface area contributed by atoms with Gasteiger partial charge >= 0.3 is 0 Å². The molecule has 0 heterocycles. The zero-order valence-corrected chi connectivity index (χ0v) is 14.2. The summed E-state index contributed by atoms with van der Waals surface area (Å²) >= 11 is 0. The summed E-state index contributed by atoms with van der Waals surface area (Å²) < 4.78 is 0. The van der Waals surface area contributed by atoms with E-state index in [1.54, 1.807) is 0 Å². The van der Waals surface area contributed by atoms with Gasteiger partial charge in [0.2, 0.25) is 0 Å². The van der Waals surface area contributed by atoms with Crippen LogP contribution in [0, 0.1) is 34.5 Å². The lowest BCUT2D eigenvalue weighted by Gasteiger charge is -2.60. The Labute approximate surface area is 134 Å². The lowest BCUT2D eigenvalue weighted by Crippen LogP contribution is -2.54. The molecule has 4 rings (SSSR count). The summed E-state index contributed by atoms with van der Waals surface area (Å²) in [5.41, 5.74) is 1.95. The number of fused-ring (bicyclic) bond motifs is 5. The molecule has 4 saturated carbocycles. The van der Waals surface area contributed by atoms with Crippen LogP contribution >= 0.6 is 0 Å². The first kappa shape index (κ1) is 15.0. The van der Waals surface area contributed by atoms with E-state index < -0.39 is 0 Å². The van der Waals surface area contributed by atoms with Crippen LogP contribution in [-0.4, -0.2) is 16.9 Å². The van der Waals surface area contributed by atoms with Crippen molar-refractivity contribution < 1.29 is 5.11 Å². The Bertz CT molecular complexity index is 490. The van der Waals surface area contributed by atoms with Crippen molar-refractivity contribution in [2.75, 3.05) is 0 Å². The number of aliphatic hydroxyl groups is 1. The van der Waals surface area contributed by atoms with Gasteiger partial charge in [0.15, 0.2) is 0 Å². The first-order valence-corrected chi connectivity index (χ1v) is 9.43. The summed E-state index contributed by atoms with van der Waals surface area (Å²) in [6.07, 6.45) is 11.1. The molecule has 3 nitrogen and oxygen atoms in total. The number of nitrogens with zero attached hydrogens (tertiary/aromatic N) is 1. The Morgan fingerprint density at radius 2 is 1.77 bits per heavy atom. The zero-order valence-electron chi connectivity index (χ0n) is 14.2. The standard InChI is InChI=1S/C19H32N2O/c1-18-9-7-13(21-20)11-12(18)3-4-14-15-5-6-17(22)19(15,2)10-8-16(14)18/h12,14-17,22H,3-11,20H2,1-2H3/b21-13+. The molecule has 3 heteroatoms. The number of rotatable bonds is 0. The van der Waals surface area contributed by atoms with Crippen LogP contribution in [0.3, 0.4) is 0 Å². The summed E-state index contributed by atoms with van der Waals surface area (Å²) in [6, 6.07) is 0. The zero-order chi connectivity index (χ0) is 15.5. The summed E-state index contributed by atoms with van der Waals surface area (Å²) in [7, 11) is 0. The van der Waals surface area contributed by atoms with E-state index in [9.17, 15) is 5.11 Å². The molecule has 0 aliphatic heterocycles. The minimum absolute atomic E-state index is 0.0497. The van der Waals surface area contributed by atoms with E-state index in [0.717, 1.165) is 42.9 Å². The maximum atomic E-state index is 10.5. The molecule has 7 unspecified atom stereocenters. The first-order valence-electron chi connectivity index (χ1n) is 9.43. The molecule has 0 spiro atoms. The molecule has 0 aromatic heterocycles. The molecule has 0 aromatic rings. The molecule has 4 fully saturated rings. The molecule has 124 valence electrons. The van der Waals surface area contributed by atoms with E-state index in [4.69, 9.17) is 5.84 Å². The SMILES string of the molecule is CC12CCC3C(CCC4C/C(=N/N)CCC43C)C1CCC2O. The van der Waals surface area contributed by atoms with Crippen molar-refractivity contribution in [2.24, 2.45) is 45.4 Å². The highest BCUT2D eigenvalue weighted by molar-refractivity contribution is 5.85. The van der Waals surface area contributed by atoms with Crippen LogP contribution in [0.2, 0.25) is 0 Å². The van der Waals surface area contributed by atoms with Crippen LogP contribution in [0.5, 0.6) is 0 Å². The summed E-state index contributed by atoms with van der Waals surface area (Å²) in [6.45, 7) is 4.94. The van der Waals surface area contributed by atoms with Crippen molar-refractivity contribution in [1.29, 1.82) is 0 Å². The molecule has 3 N–H and O–H groups in total. The minimum Gasteiger partial charge on any atom is -0.393 e. The largest absolute Gasteiger partial charge is 0.393 e. The molecular formula is C19H32N2O. The van der Waals surface area contributed by atoms with Gasteiger partial charge in [-0.3, -0.25) is 0 Å². The number of nitrogens with two attached hydrogens (primary N) is 1. The molecule has 4 aliphatic carbocycles. The monoisotopic (exact) mass is 304 g/mol. The number of hydrogen-bond acceptors (Lipinski definition) is 3. The maximum absolute atomic E-state index is 10.5. The van der Waals surface area contributed by atoms with Gasteiger partial charge in [-0.1, -0.05) is 13.8 Å². The lowest BCUT2D eigenvalue weighted by molar-refractivity contribution is -0.112. The maximum Gasteiger partial charge on any atom is 0.0596 e.